The molecule has 0 N–H and O–H groups in total. The van der Waals surface area contributed by atoms with Gasteiger partial charge in [-0.25, -0.2) is 9.97 Å². The summed E-state index contributed by atoms with van der Waals surface area (Å²) in [4.78, 5) is 25.7. The van der Waals surface area contributed by atoms with Gasteiger partial charge >= 0.3 is 6.18 Å². The van der Waals surface area contributed by atoms with Crippen LogP contribution in [0.4, 0.5) is 19.0 Å². The normalized spacial score (nSPS) is 16.2. The lowest BCUT2D eigenvalue weighted by Crippen LogP contribution is -2.41. The van der Waals surface area contributed by atoms with Gasteiger partial charge in [0.05, 0.1) is 34.3 Å². The first-order valence-electron chi connectivity index (χ1n) is 11.0. The fourth-order valence-electron chi connectivity index (χ4n) is 4.27. The number of halogens is 3. The number of amides is 1. The third-order valence-corrected chi connectivity index (χ3v) is 6.12. The highest BCUT2D eigenvalue weighted by atomic mass is 19.4. The van der Waals surface area contributed by atoms with E-state index in [1.54, 1.807) is 24.1 Å². The lowest BCUT2D eigenvalue weighted by atomic mass is 10.0. The van der Waals surface area contributed by atoms with Crippen molar-refractivity contribution < 1.29 is 18.0 Å². The van der Waals surface area contributed by atoms with Crippen LogP contribution in [-0.2, 0) is 11.0 Å². The lowest BCUT2D eigenvalue weighted by molar-refractivity contribution is -0.138. The van der Waals surface area contributed by atoms with Gasteiger partial charge in [-0.1, -0.05) is 32.0 Å². The zero-order chi connectivity index (χ0) is 24.6. The summed E-state index contributed by atoms with van der Waals surface area (Å²) in [6.07, 6.45) is -3.89. The molecular weight excluding hydrogens is 443 g/mol. The number of likely N-dealkylation sites (N-methyl/N-ethyl adjacent to an activating group) is 1. The van der Waals surface area contributed by atoms with Crippen LogP contribution in [0.3, 0.4) is 0 Å². The van der Waals surface area contributed by atoms with E-state index in [0.717, 1.165) is 12.5 Å². The van der Waals surface area contributed by atoms with Crippen LogP contribution >= 0.6 is 0 Å². The average Bonchev–Trinajstić information content (AvgIpc) is 3.31. The molecule has 1 fully saturated rings. The summed E-state index contributed by atoms with van der Waals surface area (Å²) in [5.41, 5.74) is 0.595. The van der Waals surface area contributed by atoms with Crippen molar-refractivity contribution in [2.24, 2.45) is 5.92 Å². The molecule has 1 aliphatic heterocycles. The first kappa shape index (κ1) is 23.5. The van der Waals surface area contributed by atoms with Crippen molar-refractivity contribution in [1.82, 2.24) is 14.9 Å². The minimum Gasteiger partial charge on any atom is -0.353 e. The number of rotatable bonds is 4. The van der Waals surface area contributed by atoms with Gasteiger partial charge in [-0.05, 0) is 30.7 Å². The van der Waals surface area contributed by atoms with Crippen molar-refractivity contribution in [3.05, 3.63) is 53.6 Å². The summed E-state index contributed by atoms with van der Waals surface area (Å²) in [7, 11) is 1.79. The summed E-state index contributed by atoms with van der Waals surface area (Å²) in [6, 6.07) is 12.4. The molecule has 0 radical (unpaired) electrons. The molecule has 1 aliphatic rings. The van der Waals surface area contributed by atoms with E-state index in [1.807, 2.05) is 36.9 Å². The number of nitriles is 1. The number of carbonyl (C=O) groups excluding carboxylic acids is 1. The summed E-state index contributed by atoms with van der Waals surface area (Å²) >= 11 is 0. The molecule has 1 saturated heterocycles. The van der Waals surface area contributed by atoms with Gasteiger partial charge in [-0.2, -0.15) is 18.4 Å². The molecule has 0 spiro atoms. The maximum Gasteiger partial charge on any atom is 0.417 e. The van der Waals surface area contributed by atoms with E-state index in [4.69, 9.17) is 9.97 Å². The Morgan fingerprint density at radius 3 is 2.47 bits per heavy atom. The SMILES string of the molecule is CC(C)C(=O)N(C)[C@H]1CCN(c2nc3ccccc3nc2-c2ccc(C(F)(F)F)c(C#N)c2)C1. The lowest BCUT2D eigenvalue weighted by Gasteiger charge is -2.27. The molecule has 1 aromatic heterocycles. The zero-order valence-corrected chi connectivity index (χ0v) is 19.1. The van der Waals surface area contributed by atoms with Crippen molar-refractivity contribution >= 4 is 22.8 Å². The number of carbonyl (C=O) groups is 1. The van der Waals surface area contributed by atoms with Crippen molar-refractivity contribution in [2.75, 3.05) is 25.0 Å². The third-order valence-electron chi connectivity index (χ3n) is 6.12. The first-order chi connectivity index (χ1) is 16.1. The van der Waals surface area contributed by atoms with Gasteiger partial charge in [-0.3, -0.25) is 4.79 Å². The highest BCUT2D eigenvalue weighted by Gasteiger charge is 2.35. The number of hydrogen-bond acceptors (Lipinski definition) is 5. The van der Waals surface area contributed by atoms with Gasteiger partial charge < -0.3 is 9.80 Å². The molecule has 2 heterocycles. The first-order valence-corrected chi connectivity index (χ1v) is 11.0. The van der Waals surface area contributed by atoms with E-state index >= 15 is 0 Å². The Morgan fingerprint density at radius 2 is 1.85 bits per heavy atom. The van der Waals surface area contributed by atoms with E-state index in [9.17, 15) is 23.2 Å². The number of aromatic nitrogens is 2. The van der Waals surface area contributed by atoms with Gasteiger partial charge in [-0.15, -0.1) is 0 Å². The van der Waals surface area contributed by atoms with Gasteiger partial charge in [0.15, 0.2) is 5.82 Å². The number of fused-ring (bicyclic) bond motifs is 1. The molecule has 0 unspecified atom stereocenters. The van der Waals surface area contributed by atoms with Crippen LogP contribution in [0, 0.1) is 17.2 Å². The second-order valence-corrected chi connectivity index (χ2v) is 8.75. The fraction of sp³-hybridized carbons (Fsp3) is 0.360. The van der Waals surface area contributed by atoms with E-state index < -0.39 is 17.3 Å². The standard InChI is InChI=1S/C25H24F3N5O/c1-15(2)24(34)32(3)18-10-11-33(14-18)23-22(30-20-6-4-5-7-21(20)31-23)16-8-9-19(25(26,27)28)17(12-16)13-29/h4-9,12,15,18H,10-11,14H2,1-3H3/t18-/m0/s1. The topological polar surface area (TPSA) is 73.1 Å². The highest BCUT2D eigenvalue weighted by Crippen LogP contribution is 2.37. The van der Waals surface area contributed by atoms with Crippen LogP contribution in [-0.4, -0.2) is 47.0 Å². The fourth-order valence-corrected chi connectivity index (χ4v) is 4.27. The highest BCUT2D eigenvalue weighted by molar-refractivity contribution is 5.84. The van der Waals surface area contributed by atoms with Crippen LogP contribution in [0.5, 0.6) is 0 Å². The zero-order valence-electron chi connectivity index (χ0n) is 19.1. The van der Waals surface area contributed by atoms with Crippen LogP contribution in [0.2, 0.25) is 0 Å². The molecule has 1 atom stereocenters. The molecule has 9 heteroatoms. The molecule has 34 heavy (non-hydrogen) atoms. The second-order valence-electron chi connectivity index (χ2n) is 8.75. The summed E-state index contributed by atoms with van der Waals surface area (Å²) in [5.74, 6) is 0.458. The monoisotopic (exact) mass is 467 g/mol. The maximum absolute atomic E-state index is 13.3. The van der Waals surface area contributed by atoms with E-state index in [1.165, 1.54) is 12.1 Å². The molecule has 6 nitrogen and oxygen atoms in total. The molecule has 0 aliphatic carbocycles. The Hall–Kier alpha value is -3.67. The predicted octanol–water partition coefficient (Wildman–Crippen LogP) is 4.88. The Balaban J connectivity index is 1.78. The quantitative estimate of drug-likeness (QED) is 0.547. The van der Waals surface area contributed by atoms with E-state index in [-0.39, 0.29) is 17.9 Å². The van der Waals surface area contributed by atoms with E-state index in [2.05, 4.69) is 0 Å². The number of anilines is 1. The van der Waals surface area contributed by atoms with Crippen molar-refractivity contribution in [3.8, 4) is 17.3 Å². The Morgan fingerprint density at radius 1 is 1.18 bits per heavy atom. The van der Waals surface area contributed by atoms with Gasteiger partial charge in [0.25, 0.3) is 0 Å². The number of para-hydroxylation sites is 2. The summed E-state index contributed by atoms with van der Waals surface area (Å²) in [5, 5.41) is 9.36. The van der Waals surface area contributed by atoms with Crippen molar-refractivity contribution in [2.45, 2.75) is 32.5 Å². The minimum absolute atomic E-state index is 0.0155. The number of benzene rings is 2. The second kappa shape index (κ2) is 8.93. The Bertz CT molecular complexity index is 1280. The molecule has 3 aromatic rings. The van der Waals surface area contributed by atoms with Crippen LogP contribution < -0.4 is 4.90 Å². The molecule has 0 saturated carbocycles. The van der Waals surface area contributed by atoms with Crippen molar-refractivity contribution in [1.29, 1.82) is 5.26 Å². The molecule has 1 amide bonds. The molecule has 0 bridgehead atoms. The Kier molecular flexibility index (Phi) is 6.17. The molecular formula is C25H24F3N5O. The average molecular weight is 467 g/mol. The number of alkyl halides is 3. The van der Waals surface area contributed by atoms with Gasteiger partial charge in [0.2, 0.25) is 5.91 Å². The van der Waals surface area contributed by atoms with Crippen LogP contribution in [0.15, 0.2) is 42.5 Å². The minimum atomic E-state index is -4.63. The maximum atomic E-state index is 13.3. The molecule has 2 aromatic carbocycles. The smallest absolute Gasteiger partial charge is 0.353 e. The van der Waals surface area contributed by atoms with E-state index in [0.29, 0.717) is 41.2 Å². The summed E-state index contributed by atoms with van der Waals surface area (Å²) in [6.45, 7) is 4.86. The van der Waals surface area contributed by atoms with Gasteiger partial charge in [0, 0.05) is 31.6 Å². The number of hydrogen-bond donors (Lipinski definition) is 0. The largest absolute Gasteiger partial charge is 0.417 e. The van der Waals surface area contributed by atoms with Crippen LogP contribution in [0.25, 0.3) is 22.3 Å². The number of nitrogens with zero attached hydrogens (tertiary/aromatic N) is 5. The summed E-state index contributed by atoms with van der Waals surface area (Å²) < 4.78 is 40.0. The predicted molar refractivity (Wildman–Crippen MR) is 123 cm³/mol. The third kappa shape index (κ3) is 4.40. The van der Waals surface area contributed by atoms with Crippen LogP contribution in [0.1, 0.15) is 31.4 Å². The molecule has 4 rings (SSSR count). The Labute approximate surface area is 195 Å². The van der Waals surface area contributed by atoms with Crippen molar-refractivity contribution in [3.63, 3.8) is 0 Å². The molecule has 176 valence electrons. The van der Waals surface area contributed by atoms with Gasteiger partial charge in [0.1, 0.15) is 5.69 Å².